The van der Waals surface area contributed by atoms with Gasteiger partial charge in [-0.05, 0) is 57.9 Å². The highest BCUT2D eigenvalue weighted by Gasteiger charge is 2.29. The molecule has 1 fully saturated rings. The van der Waals surface area contributed by atoms with Crippen LogP contribution in [0.1, 0.15) is 44.0 Å². The van der Waals surface area contributed by atoms with Gasteiger partial charge in [-0.25, -0.2) is 4.79 Å². The third-order valence-electron chi connectivity index (χ3n) is 3.95. The van der Waals surface area contributed by atoms with Crippen LogP contribution in [0.25, 0.3) is 0 Å². The van der Waals surface area contributed by atoms with Gasteiger partial charge in [-0.15, -0.1) is 0 Å². The summed E-state index contributed by atoms with van der Waals surface area (Å²) >= 11 is 0. The second-order valence-electron chi connectivity index (χ2n) is 7.17. The number of benzene rings is 1. The van der Waals surface area contributed by atoms with Crippen LogP contribution in [0.3, 0.4) is 0 Å². The number of likely N-dealkylation sites (tertiary alicyclic amines) is 1. The van der Waals surface area contributed by atoms with Crippen LogP contribution in [0.5, 0.6) is 0 Å². The number of amides is 3. The summed E-state index contributed by atoms with van der Waals surface area (Å²) in [4.78, 5) is 37.1. The number of carbonyl (C=O) groups excluding carboxylic acids is 3. The first-order valence-electron chi connectivity index (χ1n) is 8.34. The van der Waals surface area contributed by atoms with E-state index in [-0.39, 0.29) is 17.9 Å². The predicted octanol–water partition coefficient (Wildman–Crippen LogP) is 2.37. The van der Waals surface area contributed by atoms with Crippen molar-refractivity contribution in [2.45, 2.75) is 39.2 Å². The Morgan fingerprint density at radius 3 is 2.16 bits per heavy atom. The van der Waals surface area contributed by atoms with Crippen molar-refractivity contribution in [3.8, 4) is 0 Å². The molecule has 0 bridgehead atoms. The van der Waals surface area contributed by atoms with Gasteiger partial charge in [-0.2, -0.15) is 0 Å². The summed E-state index contributed by atoms with van der Waals surface area (Å²) in [7, 11) is 0. The lowest BCUT2D eigenvalue weighted by Crippen LogP contribution is -2.43. The number of nitrogens with two attached hydrogens (primary N) is 1. The first-order chi connectivity index (χ1) is 11.7. The molecule has 3 amide bonds. The molecule has 1 heterocycles. The van der Waals surface area contributed by atoms with Crippen molar-refractivity contribution in [1.82, 2.24) is 4.90 Å². The Morgan fingerprint density at radius 1 is 1.12 bits per heavy atom. The average molecular weight is 347 g/mol. The van der Waals surface area contributed by atoms with Crippen molar-refractivity contribution < 1.29 is 19.1 Å². The van der Waals surface area contributed by atoms with Gasteiger partial charge in [0, 0.05) is 30.3 Å². The second-order valence-corrected chi connectivity index (χ2v) is 7.17. The highest BCUT2D eigenvalue weighted by molar-refractivity contribution is 5.95. The Bertz CT molecular complexity index is 641. The summed E-state index contributed by atoms with van der Waals surface area (Å²) in [5, 5.41) is 2.83. The first kappa shape index (κ1) is 18.8. The molecule has 1 saturated heterocycles. The Balaban J connectivity index is 1.84. The monoisotopic (exact) mass is 347 g/mol. The molecular formula is C18H25N3O4. The molecule has 7 heteroatoms. The first-order valence-corrected chi connectivity index (χ1v) is 8.34. The van der Waals surface area contributed by atoms with Crippen molar-refractivity contribution in [2.24, 2.45) is 11.7 Å². The summed E-state index contributed by atoms with van der Waals surface area (Å²) in [6, 6.07) is 6.44. The highest BCUT2D eigenvalue weighted by Crippen LogP contribution is 2.21. The number of piperidine rings is 1. The maximum Gasteiger partial charge on any atom is 0.410 e. The van der Waals surface area contributed by atoms with E-state index >= 15 is 0 Å². The van der Waals surface area contributed by atoms with E-state index in [0.29, 0.717) is 37.2 Å². The molecule has 1 aliphatic rings. The van der Waals surface area contributed by atoms with Crippen molar-refractivity contribution >= 4 is 23.6 Å². The third-order valence-corrected chi connectivity index (χ3v) is 3.95. The van der Waals surface area contributed by atoms with Crippen LogP contribution in [0.15, 0.2) is 24.3 Å². The van der Waals surface area contributed by atoms with Gasteiger partial charge in [0.25, 0.3) is 0 Å². The van der Waals surface area contributed by atoms with Gasteiger partial charge in [0.05, 0.1) is 0 Å². The molecular weight excluding hydrogens is 322 g/mol. The zero-order valence-electron chi connectivity index (χ0n) is 14.9. The molecule has 0 atom stereocenters. The van der Waals surface area contributed by atoms with Gasteiger partial charge in [-0.3, -0.25) is 9.59 Å². The lowest BCUT2D eigenvalue weighted by molar-refractivity contribution is -0.121. The van der Waals surface area contributed by atoms with E-state index in [0.717, 1.165) is 0 Å². The number of anilines is 1. The average Bonchev–Trinajstić information content (AvgIpc) is 2.54. The van der Waals surface area contributed by atoms with E-state index in [1.807, 2.05) is 20.8 Å². The fraction of sp³-hybridized carbons (Fsp3) is 0.500. The Labute approximate surface area is 147 Å². The molecule has 1 aromatic rings. The Hall–Kier alpha value is -2.57. The largest absolute Gasteiger partial charge is 0.444 e. The number of rotatable bonds is 3. The number of primary amides is 1. The van der Waals surface area contributed by atoms with E-state index < -0.39 is 11.5 Å². The molecule has 1 aliphatic heterocycles. The van der Waals surface area contributed by atoms with Crippen molar-refractivity contribution in [2.75, 3.05) is 18.4 Å². The number of ether oxygens (including phenoxy) is 1. The molecule has 0 spiro atoms. The summed E-state index contributed by atoms with van der Waals surface area (Å²) in [5.41, 5.74) is 5.67. The van der Waals surface area contributed by atoms with Gasteiger partial charge in [0.15, 0.2) is 0 Å². The summed E-state index contributed by atoms with van der Waals surface area (Å²) in [6.07, 6.45) is 0.836. The summed E-state index contributed by atoms with van der Waals surface area (Å²) in [6.45, 7) is 6.47. The standard InChI is InChI=1S/C18H25N3O4/c1-18(2,3)25-17(24)21-10-8-13(9-11-21)16(23)20-14-6-4-12(5-7-14)15(19)22/h4-7,13H,8-11H2,1-3H3,(H2,19,22)(H,20,23). The highest BCUT2D eigenvalue weighted by atomic mass is 16.6. The van der Waals surface area contributed by atoms with Crippen LogP contribution < -0.4 is 11.1 Å². The van der Waals surface area contributed by atoms with Gasteiger partial charge < -0.3 is 20.7 Å². The summed E-state index contributed by atoms with van der Waals surface area (Å²) < 4.78 is 5.35. The second kappa shape index (κ2) is 7.55. The lowest BCUT2D eigenvalue weighted by atomic mass is 9.96. The Morgan fingerprint density at radius 2 is 1.68 bits per heavy atom. The summed E-state index contributed by atoms with van der Waals surface area (Å²) in [5.74, 6) is -0.752. The third kappa shape index (κ3) is 5.48. The smallest absolute Gasteiger partial charge is 0.410 e. The van der Waals surface area contributed by atoms with Crippen LogP contribution in [0, 0.1) is 5.92 Å². The van der Waals surface area contributed by atoms with Crippen molar-refractivity contribution in [3.63, 3.8) is 0 Å². The maximum absolute atomic E-state index is 12.4. The topological polar surface area (TPSA) is 102 Å². The van der Waals surface area contributed by atoms with Gasteiger partial charge in [0.1, 0.15) is 5.60 Å². The Kier molecular flexibility index (Phi) is 5.66. The molecule has 0 radical (unpaired) electrons. The zero-order chi connectivity index (χ0) is 18.6. The molecule has 2 rings (SSSR count). The molecule has 0 unspecified atom stereocenters. The van der Waals surface area contributed by atoms with Crippen molar-refractivity contribution in [3.05, 3.63) is 29.8 Å². The molecule has 25 heavy (non-hydrogen) atoms. The van der Waals surface area contributed by atoms with Crippen LogP contribution in [-0.4, -0.2) is 41.5 Å². The predicted molar refractivity (Wildman–Crippen MR) is 94.1 cm³/mol. The number of carbonyl (C=O) groups is 3. The fourth-order valence-corrected chi connectivity index (χ4v) is 2.61. The quantitative estimate of drug-likeness (QED) is 0.876. The van der Waals surface area contributed by atoms with E-state index in [1.54, 1.807) is 29.2 Å². The van der Waals surface area contributed by atoms with Gasteiger partial charge in [0.2, 0.25) is 11.8 Å². The molecule has 7 nitrogen and oxygen atoms in total. The van der Waals surface area contributed by atoms with E-state index in [9.17, 15) is 14.4 Å². The van der Waals surface area contributed by atoms with Crippen LogP contribution in [-0.2, 0) is 9.53 Å². The maximum atomic E-state index is 12.4. The SMILES string of the molecule is CC(C)(C)OC(=O)N1CCC(C(=O)Nc2ccc(C(N)=O)cc2)CC1. The minimum absolute atomic E-state index is 0.0873. The normalized spacial score (nSPS) is 15.6. The lowest BCUT2D eigenvalue weighted by Gasteiger charge is -2.32. The van der Waals surface area contributed by atoms with Crippen LogP contribution in [0.2, 0.25) is 0 Å². The van der Waals surface area contributed by atoms with E-state index in [2.05, 4.69) is 5.32 Å². The zero-order valence-corrected chi connectivity index (χ0v) is 14.9. The molecule has 136 valence electrons. The molecule has 3 N–H and O–H groups in total. The molecule has 0 aromatic heterocycles. The van der Waals surface area contributed by atoms with Gasteiger partial charge >= 0.3 is 6.09 Å². The van der Waals surface area contributed by atoms with E-state index in [4.69, 9.17) is 10.5 Å². The fourth-order valence-electron chi connectivity index (χ4n) is 2.61. The minimum atomic E-state index is -0.525. The number of hydrogen-bond donors (Lipinski definition) is 2. The molecule has 0 saturated carbocycles. The number of nitrogens with one attached hydrogen (secondary N) is 1. The number of hydrogen-bond acceptors (Lipinski definition) is 4. The van der Waals surface area contributed by atoms with Gasteiger partial charge in [-0.1, -0.05) is 0 Å². The van der Waals surface area contributed by atoms with E-state index in [1.165, 1.54) is 0 Å². The molecule has 1 aromatic carbocycles. The molecule has 0 aliphatic carbocycles. The van der Waals surface area contributed by atoms with Crippen molar-refractivity contribution in [1.29, 1.82) is 0 Å². The minimum Gasteiger partial charge on any atom is -0.444 e. The van der Waals surface area contributed by atoms with Crippen LogP contribution in [0.4, 0.5) is 10.5 Å². The number of nitrogens with zero attached hydrogens (tertiary/aromatic N) is 1. The van der Waals surface area contributed by atoms with Crippen LogP contribution >= 0.6 is 0 Å².